The molecule has 140 valence electrons. The lowest BCUT2D eigenvalue weighted by Gasteiger charge is -2.22. The van der Waals surface area contributed by atoms with Gasteiger partial charge in [0.2, 0.25) is 0 Å². The summed E-state index contributed by atoms with van der Waals surface area (Å²) in [6.45, 7) is 2.82. The zero-order valence-electron chi connectivity index (χ0n) is 15.6. The summed E-state index contributed by atoms with van der Waals surface area (Å²) in [5, 5.41) is 0. The molecule has 0 fully saturated rings. The summed E-state index contributed by atoms with van der Waals surface area (Å²) in [6, 6.07) is 19.0. The van der Waals surface area contributed by atoms with Crippen LogP contribution >= 0.6 is 0 Å². The quantitative estimate of drug-likeness (QED) is 0.600. The molecule has 3 aromatic rings. The third kappa shape index (κ3) is 5.38. The number of hydrogen-bond donors (Lipinski definition) is 0. The molecule has 0 radical (unpaired) electrons. The van der Waals surface area contributed by atoms with Crippen molar-refractivity contribution in [3.63, 3.8) is 0 Å². The molecule has 27 heavy (non-hydrogen) atoms. The van der Waals surface area contributed by atoms with E-state index >= 15 is 0 Å². The van der Waals surface area contributed by atoms with Gasteiger partial charge in [0.05, 0.1) is 19.9 Å². The number of amides is 1. The highest BCUT2D eigenvalue weighted by molar-refractivity contribution is 5.77. The molecule has 0 bridgehead atoms. The zero-order valence-corrected chi connectivity index (χ0v) is 15.6. The Labute approximate surface area is 159 Å². The van der Waals surface area contributed by atoms with Gasteiger partial charge in [-0.15, -0.1) is 0 Å². The van der Waals surface area contributed by atoms with Gasteiger partial charge in [0.25, 0.3) is 5.91 Å². The Balaban J connectivity index is 1.67. The van der Waals surface area contributed by atoms with Crippen molar-refractivity contribution in [1.29, 1.82) is 0 Å². The Hall–Kier alpha value is -3.21. The van der Waals surface area contributed by atoms with Crippen LogP contribution in [0.3, 0.4) is 0 Å². The van der Waals surface area contributed by atoms with Gasteiger partial charge in [-0.3, -0.25) is 4.79 Å². The number of ether oxygens (including phenoxy) is 2. The van der Waals surface area contributed by atoms with E-state index in [1.54, 1.807) is 18.3 Å². The van der Waals surface area contributed by atoms with Crippen LogP contribution in [0.25, 0.3) is 0 Å². The van der Waals surface area contributed by atoms with Gasteiger partial charge in [0.15, 0.2) is 6.61 Å². The van der Waals surface area contributed by atoms with Crippen molar-refractivity contribution in [2.45, 2.75) is 20.0 Å². The fourth-order valence-electron chi connectivity index (χ4n) is 2.65. The van der Waals surface area contributed by atoms with Crippen LogP contribution in [0.1, 0.15) is 16.9 Å². The van der Waals surface area contributed by atoms with Crippen LogP contribution in [0.4, 0.5) is 0 Å². The Morgan fingerprint density at radius 2 is 1.67 bits per heavy atom. The predicted octanol–water partition coefficient (Wildman–Crippen LogP) is 4.20. The first kappa shape index (κ1) is 18.6. The third-order valence-electron chi connectivity index (χ3n) is 4.20. The summed E-state index contributed by atoms with van der Waals surface area (Å²) in [6.07, 6.45) is 1.61. The molecule has 3 rings (SSSR count). The SMILES string of the molecule is COc1ccc(CN(Cc2ccco2)C(=O)COc2ccc(C)cc2)cc1. The highest BCUT2D eigenvalue weighted by Gasteiger charge is 2.17. The number of methoxy groups -OCH3 is 1. The Morgan fingerprint density at radius 1 is 0.963 bits per heavy atom. The standard InChI is InChI=1S/C22H23NO4/c1-17-5-9-20(10-6-17)27-16-22(24)23(15-21-4-3-13-26-21)14-18-7-11-19(25-2)12-8-18/h3-13H,14-16H2,1-2H3. The molecule has 0 aliphatic carbocycles. The number of aryl methyl sites for hydroxylation is 1. The second kappa shape index (κ2) is 8.94. The molecule has 1 amide bonds. The van der Waals surface area contributed by atoms with Gasteiger partial charge in [-0.05, 0) is 48.9 Å². The van der Waals surface area contributed by atoms with Crippen LogP contribution in [-0.2, 0) is 17.9 Å². The van der Waals surface area contributed by atoms with Crippen molar-refractivity contribution < 1.29 is 18.7 Å². The zero-order chi connectivity index (χ0) is 19.1. The molecular weight excluding hydrogens is 342 g/mol. The minimum absolute atomic E-state index is 0.0279. The maximum Gasteiger partial charge on any atom is 0.261 e. The summed E-state index contributed by atoms with van der Waals surface area (Å²) in [4.78, 5) is 14.5. The molecule has 0 aliphatic heterocycles. The monoisotopic (exact) mass is 365 g/mol. The summed E-state index contributed by atoms with van der Waals surface area (Å²) in [7, 11) is 1.63. The molecule has 1 heterocycles. The van der Waals surface area contributed by atoms with Crippen LogP contribution in [0, 0.1) is 6.92 Å². The summed E-state index contributed by atoms with van der Waals surface area (Å²) < 4.78 is 16.3. The molecule has 5 nitrogen and oxygen atoms in total. The van der Waals surface area contributed by atoms with E-state index in [4.69, 9.17) is 13.9 Å². The van der Waals surface area contributed by atoms with E-state index in [1.807, 2.05) is 67.6 Å². The van der Waals surface area contributed by atoms with Crippen molar-refractivity contribution in [3.8, 4) is 11.5 Å². The molecule has 0 saturated carbocycles. The topological polar surface area (TPSA) is 51.9 Å². The Morgan fingerprint density at radius 3 is 2.30 bits per heavy atom. The maximum atomic E-state index is 12.8. The molecule has 0 unspecified atom stereocenters. The highest BCUT2D eigenvalue weighted by Crippen LogP contribution is 2.16. The second-order valence-corrected chi connectivity index (χ2v) is 6.28. The van der Waals surface area contributed by atoms with E-state index in [9.17, 15) is 4.79 Å². The van der Waals surface area contributed by atoms with E-state index in [0.717, 1.165) is 22.6 Å². The summed E-state index contributed by atoms with van der Waals surface area (Å²) in [5.41, 5.74) is 2.15. The van der Waals surface area contributed by atoms with Gasteiger partial charge in [0, 0.05) is 6.54 Å². The van der Waals surface area contributed by atoms with Gasteiger partial charge >= 0.3 is 0 Å². The number of benzene rings is 2. The largest absolute Gasteiger partial charge is 0.497 e. The number of hydrogen-bond acceptors (Lipinski definition) is 4. The minimum atomic E-state index is -0.109. The van der Waals surface area contributed by atoms with Crippen molar-refractivity contribution >= 4 is 5.91 Å². The summed E-state index contributed by atoms with van der Waals surface area (Å²) >= 11 is 0. The Kier molecular flexibility index (Phi) is 6.15. The van der Waals surface area contributed by atoms with Gasteiger partial charge in [-0.1, -0.05) is 29.8 Å². The lowest BCUT2D eigenvalue weighted by atomic mass is 10.2. The third-order valence-corrected chi connectivity index (χ3v) is 4.20. The van der Waals surface area contributed by atoms with Crippen LogP contribution in [0.2, 0.25) is 0 Å². The molecule has 0 spiro atoms. The van der Waals surface area contributed by atoms with E-state index in [0.29, 0.717) is 18.8 Å². The van der Waals surface area contributed by atoms with Gasteiger partial charge in [0.1, 0.15) is 17.3 Å². The molecule has 2 aromatic carbocycles. The lowest BCUT2D eigenvalue weighted by Crippen LogP contribution is -2.34. The fraction of sp³-hybridized carbons (Fsp3) is 0.227. The molecule has 0 atom stereocenters. The molecule has 0 N–H and O–H groups in total. The number of carbonyl (C=O) groups is 1. The minimum Gasteiger partial charge on any atom is -0.497 e. The molecule has 0 saturated heterocycles. The highest BCUT2D eigenvalue weighted by atomic mass is 16.5. The van der Waals surface area contributed by atoms with Gasteiger partial charge in [-0.2, -0.15) is 0 Å². The first-order valence-corrected chi connectivity index (χ1v) is 8.76. The van der Waals surface area contributed by atoms with E-state index in [-0.39, 0.29) is 12.5 Å². The molecule has 5 heteroatoms. The van der Waals surface area contributed by atoms with E-state index < -0.39 is 0 Å². The fourth-order valence-corrected chi connectivity index (χ4v) is 2.65. The number of nitrogens with zero attached hydrogens (tertiary/aromatic N) is 1. The Bertz CT molecular complexity index is 839. The van der Waals surface area contributed by atoms with Gasteiger partial charge < -0.3 is 18.8 Å². The van der Waals surface area contributed by atoms with Crippen molar-refractivity contribution in [2.24, 2.45) is 0 Å². The first-order valence-electron chi connectivity index (χ1n) is 8.76. The van der Waals surface area contributed by atoms with Crippen molar-refractivity contribution in [1.82, 2.24) is 4.90 Å². The number of furan rings is 1. The van der Waals surface area contributed by atoms with Crippen LogP contribution in [0.15, 0.2) is 71.3 Å². The van der Waals surface area contributed by atoms with E-state index in [1.165, 1.54) is 0 Å². The van der Waals surface area contributed by atoms with Crippen LogP contribution in [-0.4, -0.2) is 24.5 Å². The summed E-state index contributed by atoms with van der Waals surface area (Å²) in [5.74, 6) is 2.08. The van der Waals surface area contributed by atoms with Crippen LogP contribution in [0.5, 0.6) is 11.5 Å². The molecule has 1 aromatic heterocycles. The number of rotatable bonds is 8. The lowest BCUT2D eigenvalue weighted by molar-refractivity contribution is -0.134. The van der Waals surface area contributed by atoms with Gasteiger partial charge in [-0.25, -0.2) is 0 Å². The average Bonchev–Trinajstić information content (AvgIpc) is 3.20. The average molecular weight is 365 g/mol. The second-order valence-electron chi connectivity index (χ2n) is 6.28. The maximum absolute atomic E-state index is 12.8. The first-order chi connectivity index (χ1) is 13.1. The molecule has 0 aliphatic rings. The molecular formula is C22H23NO4. The normalized spacial score (nSPS) is 10.4. The smallest absolute Gasteiger partial charge is 0.261 e. The predicted molar refractivity (Wildman–Crippen MR) is 103 cm³/mol. The van der Waals surface area contributed by atoms with Crippen LogP contribution < -0.4 is 9.47 Å². The van der Waals surface area contributed by atoms with Crippen molar-refractivity contribution in [3.05, 3.63) is 83.8 Å². The number of carbonyl (C=O) groups excluding carboxylic acids is 1. The van der Waals surface area contributed by atoms with Crippen molar-refractivity contribution in [2.75, 3.05) is 13.7 Å². The van der Waals surface area contributed by atoms with E-state index in [2.05, 4.69) is 0 Å².